The van der Waals surface area contributed by atoms with Crippen LogP contribution in [0.2, 0.25) is 5.25 Å². The number of halogens is 3. The number of allylic oxidation sites excluding steroid dienone is 1. The molecule has 0 amide bonds. The minimum Gasteiger partial charge on any atom is -0.147 e. The van der Waals surface area contributed by atoms with Crippen molar-refractivity contribution in [1.82, 2.24) is 0 Å². The van der Waals surface area contributed by atoms with Crippen LogP contribution in [0, 0.1) is 0 Å². The largest absolute Gasteiger partial charge is 0.147 e. The second-order valence-corrected chi connectivity index (χ2v) is 2.41. The van der Waals surface area contributed by atoms with Gasteiger partial charge in [0, 0.05) is 0 Å². The Morgan fingerprint density at radius 2 is 1.43 bits per heavy atom. The van der Waals surface area contributed by atoms with E-state index in [1.807, 2.05) is 6.08 Å². The van der Waals surface area contributed by atoms with Gasteiger partial charge in [0.2, 0.25) is 0 Å². The van der Waals surface area contributed by atoms with Gasteiger partial charge in [0.05, 0.1) is 0 Å². The van der Waals surface area contributed by atoms with E-state index >= 15 is 0 Å². The van der Waals surface area contributed by atoms with Gasteiger partial charge in [-0.2, -0.15) is 0 Å². The first-order chi connectivity index (χ1) is 1.91. The van der Waals surface area contributed by atoms with Gasteiger partial charge in [-0.15, -0.1) is 37.2 Å². The molecule has 0 aromatic heterocycles. The van der Waals surface area contributed by atoms with Crippen molar-refractivity contribution in [3.63, 3.8) is 0 Å². The summed E-state index contributed by atoms with van der Waals surface area (Å²) in [4.78, 5) is 0. The van der Waals surface area contributed by atoms with Crippen LogP contribution in [-0.2, 0) is 0 Å². The van der Waals surface area contributed by atoms with Gasteiger partial charge in [0.25, 0.3) is 0 Å². The fourth-order valence-corrected chi connectivity index (χ4v) is 0. The van der Waals surface area contributed by atoms with Crippen molar-refractivity contribution in [3.8, 4) is 0 Å². The fraction of sp³-hybridized carbons (Fsp3) is 0.333. The Morgan fingerprint density at radius 3 is 1.43 bits per heavy atom. The third-order valence-corrected chi connectivity index (χ3v) is 1.50. The quantitative estimate of drug-likeness (QED) is 0.466. The Morgan fingerprint density at radius 1 is 1.29 bits per heavy atom. The smallest absolute Gasteiger partial charge is 0.147 e. The zero-order valence-corrected chi connectivity index (χ0v) is 10.9. The summed E-state index contributed by atoms with van der Waals surface area (Å²) in [7, 11) is 0. The summed E-state index contributed by atoms with van der Waals surface area (Å²) >= 11 is 0.995. The summed E-state index contributed by atoms with van der Waals surface area (Å²) in [5.41, 5.74) is 0. The molecule has 0 aliphatic rings. The SMILES string of the molecule is C=C[CH2][GeH3].Cl.Cl.Cl. The van der Waals surface area contributed by atoms with E-state index in [4.69, 9.17) is 0 Å². The van der Waals surface area contributed by atoms with Crippen molar-refractivity contribution < 1.29 is 0 Å². The zero-order valence-electron chi connectivity index (χ0n) is 4.22. The molecule has 0 aliphatic heterocycles. The van der Waals surface area contributed by atoms with Crippen LogP contribution in [0.25, 0.3) is 0 Å². The minimum absolute atomic E-state index is 0. The van der Waals surface area contributed by atoms with Gasteiger partial charge in [-0.1, -0.05) is 0 Å². The number of hydrogen-bond acceptors (Lipinski definition) is 0. The zero-order chi connectivity index (χ0) is 3.41. The Labute approximate surface area is 71.6 Å². The van der Waals surface area contributed by atoms with Gasteiger partial charge in [0.1, 0.15) is 0 Å². The standard InChI is InChI=1S/C3H8Ge.3ClH/c1-2-3-4;;;/h2H,1,3H2,4H3;3*1H. The Kier molecular flexibility index (Phi) is 94.1. The van der Waals surface area contributed by atoms with Gasteiger partial charge in [-0.25, -0.2) is 0 Å². The van der Waals surface area contributed by atoms with Crippen LogP contribution in [0.3, 0.4) is 0 Å². The average molecular weight is 226 g/mol. The van der Waals surface area contributed by atoms with E-state index in [1.165, 1.54) is 5.25 Å². The molecule has 0 rings (SSSR count). The molecule has 0 nitrogen and oxygen atoms in total. The molecule has 0 saturated heterocycles. The molecule has 0 aromatic carbocycles. The fourth-order valence-electron chi connectivity index (χ4n) is 0. The maximum Gasteiger partial charge on any atom is -0.147 e. The molecule has 0 unspecified atom stereocenters. The molecule has 0 radical (unpaired) electrons. The molecule has 0 aromatic rings. The van der Waals surface area contributed by atoms with Gasteiger partial charge in [-0.3, -0.25) is 0 Å². The van der Waals surface area contributed by atoms with Crippen LogP contribution in [0.5, 0.6) is 0 Å². The van der Waals surface area contributed by atoms with E-state index in [2.05, 4.69) is 6.58 Å². The van der Waals surface area contributed by atoms with Crippen LogP contribution in [0.4, 0.5) is 0 Å². The van der Waals surface area contributed by atoms with Crippen molar-refractivity contribution in [2.75, 3.05) is 0 Å². The van der Waals surface area contributed by atoms with E-state index in [9.17, 15) is 0 Å². The topological polar surface area (TPSA) is 0 Å². The van der Waals surface area contributed by atoms with Crippen molar-refractivity contribution in [2.24, 2.45) is 0 Å². The summed E-state index contributed by atoms with van der Waals surface area (Å²) in [5.74, 6) is 0. The molecule has 0 N–H and O–H groups in total. The third kappa shape index (κ3) is 41.0. The van der Waals surface area contributed by atoms with E-state index < -0.39 is 0 Å². The summed E-state index contributed by atoms with van der Waals surface area (Å²) in [5, 5.41) is 1.27. The normalized spacial score (nSPS) is 4.00. The first-order valence-corrected chi connectivity index (χ1v) is 4.49. The number of rotatable bonds is 1. The van der Waals surface area contributed by atoms with Gasteiger partial charge < -0.3 is 0 Å². The monoisotopic (exact) mass is 226 g/mol. The minimum atomic E-state index is 0. The van der Waals surface area contributed by atoms with Crippen LogP contribution < -0.4 is 0 Å². The Hall–Kier alpha value is 1.15. The van der Waals surface area contributed by atoms with Crippen LogP contribution in [-0.4, -0.2) is 16.5 Å². The van der Waals surface area contributed by atoms with Gasteiger partial charge in [-0.05, 0) is 0 Å². The molecule has 0 fully saturated rings. The van der Waals surface area contributed by atoms with E-state index in [0.717, 1.165) is 16.5 Å². The Bertz CT molecular complexity index is 24.1. The summed E-state index contributed by atoms with van der Waals surface area (Å²) in [6, 6.07) is 0. The van der Waals surface area contributed by atoms with Crippen LogP contribution in [0.1, 0.15) is 0 Å². The molecule has 0 aliphatic carbocycles. The van der Waals surface area contributed by atoms with E-state index in [-0.39, 0.29) is 37.2 Å². The molecular weight excluding hydrogens is 215 g/mol. The van der Waals surface area contributed by atoms with Crippen molar-refractivity contribution in [1.29, 1.82) is 0 Å². The van der Waals surface area contributed by atoms with Crippen molar-refractivity contribution in [3.05, 3.63) is 12.7 Å². The van der Waals surface area contributed by atoms with Gasteiger partial charge >= 0.3 is 34.4 Å². The van der Waals surface area contributed by atoms with Crippen LogP contribution >= 0.6 is 37.2 Å². The molecule has 4 heteroatoms. The molecule has 0 bridgehead atoms. The predicted molar refractivity (Wildman–Crippen MR) is 46.7 cm³/mol. The third-order valence-electron chi connectivity index (χ3n) is 0.289. The second-order valence-electron chi connectivity index (χ2n) is 0.697. The molecule has 48 valence electrons. The maximum atomic E-state index is 3.53. The maximum absolute atomic E-state index is 3.53. The average Bonchev–Trinajstić information content (AvgIpc) is 1.37. The number of hydrogen-bond donors (Lipinski definition) is 0. The first kappa shape index (κ1) is 24.2. The van der Waals surface area contributed by atoms with E-state index in [0.29, 0.717) is 0 Å². The molecule has 0 heterocycles. The van der Waals surface area contributed by atoms with Crippen molar-refractivity contribution in [2.45, 2.75) is 5.25 Å². The van der Waals surface area contributed by atoms with Crippen molar-refractivity contribution >= 4 is 53.7 Å². The molecule has 0 spiro atoms. The van der Waals surface area contributed by atoms with E-state index in [1.54, 1.807) is 0 Å². The predicted octanol–water partition coefficient (Wildman–Crippen LogP) is 1.22. The summed E-state index contributed by atoms with van der Waals surface area (Å²) < 4.78 is 0. The molecule has 0 saturated carbocycles. The first-order valence-electron chi connectivity index (χ1n) is 1.52. The molecule has 7 heavy (non-hydrogen) atoms. The summed E-state index contributed by atoms with van der Waals surface area (Å²) in [6.45, 7) is 3.53. The molecule has 0 atom stereocenters. The Balaban J connectivity index is -0.0000000150. The second kappa shape index (κ2) is 27.2. The molecular formula is C3H11Cl3Ge. The van der Waals surface area contributed by atoms with Gasteiger partial charge in [0.15, 0.2) is 0 Å². The van der Waals surface area contributed by atoms with Crippen LogP contribution in [0.15, 0.2) is 12.7 Å². The summed E-state index contributed by atoms with van der Waals surface area (Å²) in [6.07, 6.45) is 1.96.